The van der Waals surface area contributed by atoms with Gasteiger partial charge in [0.1, 0.15) is 6.61 Å². The number of hydrogen-bond donors (Lipinski definition) is 1. The molecule has 4 heteroatoms. The number of likely N-dealkylation sites (tertiary alicyclic amines) is 1. The first-order valence-electron chi connectivity index (χ1n) is 7.05. The second-order valence-corrected chi connectivity index (χ2v) is 5.71. The van der Waals surface area contributed by atoms with Gasteiger partial charge in [0.15, 0.2) is 0 Å². The maximum absolute atomic E-state index is 10.2. The van der Waals surface area contributed by atoms with Gasteiger partial charge < -0.3 is 14.6 Å². The molecule has 1 aliphatic heterocycles. The maximum atomic E-state index is 10.2. The highest BCUT2D eigenvalue weighted by atomic mass is 16.5. The Morgan fingerprint density at radius 2 is 2.11 bits per heavy atom. The van der Waals surface area contributed by atoms with E-state index >= 15 is 0 Å². The minimum atomic E-state index is -0.357. The zero-order valence-electron chi connectivity index (χ0n) is 12.1. The van der Waals surface area contributed by atoms with Gasteiger partial charge in [0.05, 0.1) is 18.2 Å². The third kappa shape index (κ3) is 3.29. The third-order valence-electron chi connectivity index (χ3n) is 4.59. The van der Waals surface area contributed by atoms with Crippen molar-refractivity contribution in [2.24, 2.45) is 11.8 Å². The van der Waals surface area contributed by atoms with E-state index in [2.05, 4.69) is 23.8 Å². The SMILES string of the molecule is COCC#CC1C2CC(O)C(OC)CC2CCN1C. The van der Waals surface area contributed by atoms with E-state index in [1.807, 2.05) is 0 Å². The van der Waals surface area contributed by atoms with Gasteiger partial charge in [-0.05, 0) is 44.7 Å². The number of aliphatic hydroxyl groups excluding tert-OH is 1. The van der Waals surface area contributed by atoms with Gasteiger partial charge in [-0.25, -0.2) is 0 Å². The van der Waals surface area contributed by atoms with E-state index in [4.69, 9.17) is 9.47 Å². The normalized spacial score (nSPS) is 39.3. The number of hydrogen-bond acceptors (Lipinski definition) is 4. The highest BCUT2D eigenvalue weighted by molar-refractivity contribution is 5.14. The minimum absolute atomic E-state index is 0.00256. The number of piperidine rings is 1. The Kier molecular flexibility index (Phi) is 5.23. The van der Waals surface area contributed by atoms with Crippen molar-refractivity contribution in [2.45, 2.75) is 37.5 Å². The Morgan fingerprint density at radius 1 is 1.32 bits per heavy atom. The lowest BCUT2D eigenvalue weighted by atomic mass is 9.69. The van der Waals surface area contributed by atoms with Crippen LogP contribution in [0.1, 0.15) is 19.3 Å². The predicted octanol–water partition coefficient (Wildman–Crippen LogP) is 0.742. The van der Waals surface area contributed by atoms with E-state index in [1.54, 1.807) is 14.2 Å². The van der Waals surface area contributed by atoms with E-state index in [0.29, 0.717) is 18.4 Å². The average Bonchev–Trinajstić information content (AvgIpc) is 2.41. The Hall–Kier alpha value is -0.600. The van der Waals surface area contributed by atoms with E-state index < -0.39 is 0 Å². The van der Waals surface area contributed by atoms with Gasteiger partial charge in [-0.15, -0.1) is 0 Å². The zero-order chi connectivity index (χ0) is 13.8. The summed E-state index contributed by atoms with van der Waals surface area (Å²) in [5, 5.41) is 10.2. The van der Waals surface area contributed by atoms with Gasteiger partial charge in [-0.3, -0.25) is 4.90 Å². The lowest BCUT2D eigenvalue weighted by Gasteiger charge is -2.47. The van der Waals surface area contributed by atoms with Crippen molar-refractivity contribution < 1.29 is 14.6 Å². The summed E-state index contributed by atoms with van der Waals surface area (Å²) in [6.45, 7) is 1.55. The van der Waals surface area contributed by atoms with Crippen LogP contribution in [0.4, 0.5) is 0 Å². The van der Waals surface area contributed by atoms with Crippen molar-refractivity contribution in [3.05, 3.63) is 0 Å². The summed E-state index contributed by atoms with van der Waals surface area (Å²) >= 11 is 0. The van der Waals surface area contributed by atoms with E-state index in [9.17, 15) is 5.11 Å². The summed E-state index contributed by atoms with van der Waals surface area (Å²) < 4.78 is 10.4. The van der Waals surface area contributed by atoms with Crippen molar-refractivity contribution in [3.8, 4) is 11.8 Å². The molecule has 2 fully saturated rings. The first-order valence-corrected chi connectivity index (χ1v) is 7.05. The highest BCUT2D eigenvalue weighted by Crippen LogP contribution is 2.40. The average molecular weight is 267 g/mol. The molecule has 0 bridgehead atoms. The van der Waals surface area contributed by atoms with Crippen LogP contribution in [0.15, 0.2) is 0 Å². The van der Waals surface area contributed by atoms with Gasteiger partial charge in [0, 0.05) is 14.2 Å². The summed E-state index contributed by atoms with van der Waals surface area (Å²) in [6, 6.07) is 0.237. The van der Waals surface area contributed by atoms with Gasteiger partial charge >= 0.3 is 0 Å². The van der Waals surface area contributed by atoms with Crippen molar-refractivity contribution in [3.63, 3.8) is 0 Å². The third-order valence-corrected chi connectivity index (χ3v) is 4.59. The van der Waals surface area contributed by atoms with E-state index in [1.165, 1.54) is 6.42 Å². The van der Waals surface area contributed by atoms with Crippen molar-refractivity contribution in [1.29, 1.82) is 0 Å². The molecule has 1 N–H and O–H groups in total. The maximum Gasteiger partial charge on any atom is 0.107 e. The lowest BCUT2D eigenvalue weighted by Crippen LogP contribution is -2.52. The quantitative estimate of drug-likeness (QED) is 0.750. The van der Waals surface area contributed by atoms with Crippen LogP contribution < -0.4 is 0 Å². The molecule has 0 aromatic carbocycles. The van der Waals surface area contributed by atoms with Gasteiger partial charge in [0.2, 0.25) is 0 Å². The summed E-state index contributed by atoms with van der Waals surface area (Å²) in [5.74, 6) is 7.47. The molecule has 0 amide bonds. The molecule has 5 atom stereocenters. The molecule has 0 spiro atoms. The van der Waals surface area contributed by atoms with Crippen molar-refractivity contribution >= 4 is 0 Å². The standard InChI is InChI=1S/C15H25NO3/c1-16-7-6-11-9-15(19-3)14(17)10-12(11)13(16)5-4-8-18-2/h11-15,17H,6-10H2,1-3H3. The lowest BCUT2D eigenvalue weighted by molar-refractivity contribution is -0.0897. The molecule has 2 aliphatic rings. The fourth-order valence-electron chi connectivity index (χ4n) is 3.50. The van der Waals surface area contributed by atoms with Crippen LogP contribution in [-0.2, 0) is 9.47 Å². The molecule has 0 radical (unpaired) electrons. The van der Waals surface area contributed by atoms with Crippen LogP contribution in [0, 0.1) is 23.7 Å². The molecule has 19 heavy (non-hydrogen) atoms. The Labute approximate surface area is 116 Å². The highest BCUT2D eigenvalue weighted by Gasteiger charge is 2.43. The summed E-state index contributed by atoms with van der Waals surface area (Å²) in [6.07, 6.45) is 2.57. The second-order valence-electron chi connectivity index (χ2n) is 5.71. The molecule has 108 valence electrons. The van der Waals surface area contributed by atoms with E-state index in [0.717, 1.165) is 19.4 Å². The predicted molar refractivity (Wildman–Crippen MR) is 73.7 cm³/mol. The zero-order valence-corrected chi connectivity index (χ0v) is 12.1. The summed E-state index contributed by atoms with van der Waals surface area (Å²) in [5.41, 5.74) is 0. The molecule has 1 heterocycles. The van der Waals surface area contributed by atoms with Crippen LogP contribution in [-0.4, -0.2) is 62.7 Å². The first-order chi connectivity index (χ1) is 9.17. The molecule has 1 saturated heterocycles. The Bertz CT molecular complexity index is 349. The van der Waals surface area contributed by atoms with Gasteiger partial charge in [-0.2, -0.15) is 0 Å². The van der Waals surface area contributed by atoms with Crippen LogP contribution in [0.3, 0.4) is 0 Å². The first kappa shape index (κ1) is 14.8. The number of aliphatic hydroxyl groups is 1. The fraction of sp³-hybridized carbons (Fsp3) is 0.867. The van der Waals surface area contributed by atoms with Gasteiger partial charge in [0.25, 0.3) is 0 Å². The fourth-order valence-corrected chi connectivity index (χ4v) is 3.50. The molecule has 5 unspecified atom stereocenters. The number of rotatable bonds is 2. The van der Waals surface area contributed by atoms with Gasteiger partial charge in [-0.1, -0.05) is 11.8 Å². The number of fused-ring (bicyclic) bond motifs is 1. The Morgan fingerprint density at radius 3 is 2.79 bits per heavy atom. The van der Waals surface area contributed by atoms with Crippen molar-refractivity contribution in [2.75, 3.05) is 34.4 Å². The monoisotopic (exact) mass is 267 g/mol. The molecule has 0 aromatic heterocycles. The van der Waals surface area contributed by atoms with Crippen LogP contribution in [0.25, 0.3) is 0 Å². The molecule has 1 aliphatic carbocycles. The van der Waals surface area contributed by atoms with Crippen LogP contribution >= 0.6 is 0 Å². The molecule has 4 nitrogen and oxygen atoms in total. The minimum Gasteiger partial charge on any atom is -0.390 e. The largest absolute Gasteiger partial charge is 0.390 e. The topological polar surface area (TPSA) is 41.9 Å². The molecule has 2 rings (SSSR count). The summed E-state index contributed by atoms with van der Waals surface area (Å²) in [4.78, 5) is 2.31. The molecule has 1 saturated carbocycles. The number of ether oxygens (including phenoxy) is 2. The number of methoxy groups -OCH3 is 2. The molecular formula is C15H25NO3. The Balaban J connectivity index is 2.08. The van der Waals surface area contributed by atoms with Crippen molar-refractivity contribution in [1.82, 2.24) is 4.90 Å². The second kappa shape index (κ2) is 6.71. The summed E-state index contributed by atoms with van der Waals surface area (Å²) in [7, 11) is 5.48. The molecular weight excluding hydrogens is 242 g/mol. The van der Waals surface area contributed by atoms with E-state index in [-0.39, 0.29) is 18.2 Å². The van der Waals surface area contributed by atoms with Crippen LogP contribution in [0.5, 0.6) is 0 Å². The smallest absolute Gasteiger partial charge is 0.107 e. The molecule has 0 aromatic rings. The van der Waals surface area contributed by atoms with Crippen LogP contribution in [0.2, 0.25) is 0 Å². The number of nitrogens with zero attached hydrogens (tertiary/aromatic N) is 1.